The van der Waals surface area contributed by atoms with Crippen LogP contribution in [0.3, 0.4) is 0 Å². The van der Waals surface area contributed by atoms with Crippen LogP contribution < -0.4 is 0 Å². The van der Waals surface area contributed by atoms with E-state index in [2.05, 4.69) is 56.6 Å². The Morgan fingerprint density at radius 2 is 1.96 bits per heavy atom. The van der Waals surface area contributed by atoms with Gasteiger partial charge in [0.2, 0.25) is 0 Å². The Bertz CT molecular complexity index is 513. The van der Waals surface area contributed by atoms with Gasteiger partial charge < -0.3 is 4.90 Å². The van der Waals surface area contributed by atoms with Crippen molar-refractivity contribution < 1.29 is 0 Å². The summed E-state index contributed by atoms with van der Waals surface area (Å²) in [6.07, 6.45) is 13.6. The molecule has 0 saturated heterocycles. The first-order chi connectivity index (χ1) is 12.1. The summed E-state index contributed by atoms with van der Waals surface area (Å²) in [4.78, 5) is 2.38. The largest absolute Gasteiger partial charge is 0.374 e. The van der Waals surface area contributed by atoms with Gasteiger partial charge in [-0.1, -0.05) is 90.0 Å². The fourth-order valence-electron chi connectivity index (χ4n) is 4.24. The van der Waals surface area contributed by atoms with Crippen molar-refractivity contribution in [1.29, 1.82) is 0 Å². The SMILES string of the molecule is C=C(c1cccc(CC2CCCCC2)c1)N(C)CC(CC)CCCC. The molecule has 1 aliphatic rings. The molecule has 0 radical (unpaired) electrons. The van der Waals surface area contributed by atoms with Gasteiger partial charge in [0.05, 0.1) is 0 Å². The maximum absolute atomic E-state index is 4.41. The molecule has 1 atom stereocenters. The van der Waals surface area contributed by atoms with E-state index in [9.17, 15) is 0 Å². The van der Waals surface area contributed by atoms with Crippen molar-refractivity contribution in [2.24, 2.45) is 11.8 Å². The summed E-state index contributed by atoms with van der Waals surface area (Å²) in [7, 11) is 2.21. The molecule has 1 aromatic carbocycles. The Morgan fingerprint density at radius 3 is 2.64 bits per heavy atom. The van der Waals surface area contributed by atoms with Crippen LogP contribution in [0.4, 0.5) is 0 Å². The minimum absolute atomic E-state index is 0.784. The molecule has 1 fully saturated rings. The van der Waals surface area contributed by atoms with Gasteiger partial charge in [0.15, 0.2) is 0 Å². The van der Waals surface area contributed by atoms with E-state index in [-0.39, 0.29) is 0 Å². The third-order valence-electron chi connectivity index (χ3n) is 6.05. The van der Waals surface area contributed by atoms with Crippen LogP contribution >= 0.6 is 0 Å². The molecule has 0 N–H and O–H groups in total. The highest BCUT2D eigenvalue weighted by Crippen LogP contribution is 2.28. The molecule has 0 aliphatic heterocycles. The minimum Gasteiger partial charge on any atom is -0.374 e. The molecule has 1 unspecified atom stereocenters. The molecule has 1 aliphatic carbocycles. The second kappa shape index (κ2) is 10.7. The third kappa shape index (κ3) is 6.53. The van der Waals surface area contributed by atoms with E-state index in [0.717, 1.165) is 18.4 Å². The first-order valence-corrected chi connectivity index (χ1v) is 10.6. The molecule has 1 aromatic rings. The van der Waals surface area contributed by atoms with Gasteiger partial charge in [-0.25, -0.2) is 0 Å². The van der Waals surface area contributed by atoms with E-state index in [4.69, 9.17) is 0 Å². The van der Waals surface area contributed by atoms with Crippen molar-refractivity contribution in [3.8, 4) is 0 Å². The van der Waals surface area contributed by atoms with Crippen LogP contribution in [0.25, 0.3) is 5.70 Å². The van der Waals surface area contributed by atoms with Crippen LogP contribution in [0.1, 0.15) is 82.8 Å². The summed E-state index contributed by atoms with van der Waals surface area (Å²) in [6, 6.07) is 9.15. The Kier molecular flexibility index (Phi) is 8.58. The molecule has 0 amide bonds. The van der Waals surface area contributed by atoms with Gasteiger partial charge in [0.1, 0.15) is 0 Å². The van der Waals surface area contributed by atoms with Crippen molar-refractivity contribution >= 4 is 5.70 Å². The van der Waals surface area contributed by atoms with Crippen molar-refractivity contribution in [2.75, 3.05) is 13.6 Å². The molecule has 0 bridgehead atoms. The fourth-order valence-corrected chi connectivity index (χ4v) is 4.24. The molecule has 1 nitrogen and oxygen atoms in total. The lowest BCUT2D eigenvalue weighted by atomic mass is 9.84. The highest BCUT2D eigenvalue weighted by Gasteiger charge is 2.15. The molecular formula is C24H39N. The van der Waals surface area contributed by atoms with E-state index in [0.29, 0.717) is 0 Å². The summed E-state index contributed by atoms with van der Waals surface area (Å²) in [6.45, 7) is 10.1. The van der Waals surface area contributed by atoms with E-state index in [1.165, 1.54) is 81.0 Å². The molecular weight excluding hydrogens is 302 g/mol. The fraction of sp³-hybridized carbons (Fsp3) is 0.667. The summed E-state index contributed by atoms with van der Waals surface area (Å²) < 4.78 is 0. The van der Waals surface area contributed by atoms with Gasteiger partial charge in [-0.15, -0.1) is 0 Å². The van der Waals surface area contributed by atoms with E-state index < -0.39 is 0 Å². The predicted molar refractivity (Wildman–Crippen MR) is 112 cm³/mol. The average Bonchev–Trinajstić information content (AvgIpc) is 2.65. The molecule has 0 aromatic heterocycles. The molecule has 0 heterocycles. The number of unbranched alkanes of at least 4 members (excludes halogenated alkanes) is 1. The van der Waals surface area contributed by atoms with Gasteiger partial charge in [-0.05, 0) is 41.9 Å². The maximum Gasteiger partial charge on any atom is 0.0364 e. The quantitative estimate of drug-likeness (QED) is 0.446. The molecule has 1 saturated carbocycles. The minimum atomic E-state index is 0.784. The standard InChI is InChI=1S/C24H39N/c1-5-7-12-21(6-2)19-25(4)20(3)24-16-11-15-23(18-24)17-22-13-9-8-10-14-22/h11,15-16,18,21-22H,3,5-10,12-14,17,19H2,1-2,4H3. The topological polar surface area (TPSA) is 3.24 Å². The van der Waals surface area contributed by atoms with Crippen LogP contribution in [0.2, 0.25) is 0 Å². The summed E-state index contributed by atoms with van der Waals surface area (Å²) >= 11 is 0. The van der Waals surface area contributed by atoms with Crippen LogP contribution in [0.15, 0.2) is 30.8 Å². The van der Waals surface area contributed by atoms with E-state index >= 15 is 0 Å². The second-order valence-corrected chi connectivity index (χ2v) is 8.15. The smallest absolute Gasteiger partial charge is 0.0364 e. The first kappa shape index (κ1) is 20.1. The van der Waals surface area contributed by atoms with Gasteiger partial charge in [-0.3, -0.25) is 0 Å². The summed E-state index contributed by atoms with van der Waals surface area (Å²) in [5.74, 6) is 1.68. The maximum atomic E-state index is 4.41. The first-order valence-electron chi connectivity index (χ1n) is 10.6. The van der Waals surface area contributed by atoms with Crippen molar-refractivity contribution in [1.82, 2.24) is 4.90 Å². The van der Waals surface area contributed by atoms with Crippen molar-refractivity contribution in [3.05, 3.63) is 42.0 Å². The molecule has 2 rings (SSSR count). The molecule has 140 valence electrons. The van der Waals surface area contributed by atoms with Gasteiger partial charge in [0.25, 0.3) is 0 Å². The number of hydrogen-bond donors (Lipinski definition) is 0. The highest BCUT2D eigenvalue weighted by atomic mass is 15.1. The number of benzene rings is 1. The van der Waals surface area contributed by atoms with Crippen LogP contribution in [-0.2, 0) is 6.42 Å². The lowest BCUT2D eigenvalue weighted by Gasteiger charge is -2.27. The van der Waals surface area contributed by atoms with Gasteiger partial charge >= 0.3 is 0 Å². The average molecular weight is 342 g/mol. The van der Waals surface area contributed by atoms with Crippen molar-refractivity contribution in [2.45, 2.75) is 78.1 Å². The molecule has 25 heavy (non-hydrogen) atoms. The highest BCUT2D eigenvalue weighted by molar-refractivity contribution is 5.62. The summed E-state index contributed by atoms with van der Waals surface area (Å²) in [5, 5.41) is 0. The molecule has 0 spiro atoms. The Labute approximate surface area is 156 Å². The van der Waals surface area contributed by atoms with Gasteiger partial charge in [-0.2, -0.15) is 0 Å². The van der Waals surface area contributed by atoms with E-state index in [1.807, 2.05) is 0 Å². The zero-order chi connectivity index (χ0) is 18.1. The lowest BCUT2D eigenvalue weighted by Crippen LogP contribution is -2.24. The van der Waals surface area contributed by atoms with Gasteiger partial charge in [0, 0.05) is 19.3 Å². The van der Waals surface area contributed by atoms with Crippen LogP contribution in [0.5, 0.6) is 0 Å². The zero-order valence-corrected chi connectivity index (χ0v) is 16.9. The number of rotatable bonds is 10. The Morgan fingerprint density at radius 1 is 1.20 bits per heavy atom. The monoisotopic (exact) mass is 341 g/mol. The number of nitrogens with zero attached hydrogens (tertiary/aromatic N) is 1. The van der Waals surface area contributed by atoms with Crippen LogP contribution in [0, 0.1) is 11.8 Å². The lowest BCUT2D eigenvalue weighted by molar-refractivity contribution is 0.337. The Balaban J connectivity index is 1.94. The number of hydrogen-bond acceptors (Lipinski definition) is 1. The zero-order valence-electron chi connectivity index (χ0n) is 16.9. The van der Waals surface area contributed by atoms with E-state index in [1.54, 1.807) is 0 Å². The Hall–Kier alpha value is -1.24. The third-order valence-corrected chi connectivity index (χ3v) is 6.05. The second-order valence-electron chi connectivity index (χ2n) is 8.15. The van der Waals surface area contributed by atoms with Crippen molar-refractivity contribution in [3.63, 3.8) is 0 Å². The van der Waals surface area contributed by atoms with Crippen LogP contribution in [-0.4, -0.2) is 18.5 Å². The normalized spacial score (nSPS) is 16.6. The predicted octanol–water partition coefficient (Wildman–Crippen LogP) is 6.93. The summed E-state index contributed by atoms with van der Waals surface area (Å²) in [5.41, 5.74) is 3.98. The molecule has 1 heteroatoms.